The smallest absolute Gasteiger partial charge is 0.135 e. The van der Waals surface area contributed by atoms with Crippen LogP contribution in [0.2, 0.25) is 0 Å². The summed E-state index contributed by atoms with van der Waals surface area (Å²) in [5.41, 5.74) is 10.8. The van der Waals surface area contributed by atoms with Crippen LogP contribution in [0, 0.1) is 0 Å². The number of aromatic nitrogens is 1. The third kappa shape index (κ3) is 3.90. The molecule has 0 N–H and O–H groups in total. The number of ether oxygens (including phenoxy) is 1. The predicted octanol–water partition coefficient (Wildman–Crippen LogP) is 13.3. The van der Waals surface area contributed by atoms with E-state index in [1.165, 1.54) is 87.6 Å². The number of fused-ring (bicyclic) bond motifs is 9. The van der Waals surface area contributed by atoms with Gasteiger partial charge in [-0.2, -0.15) is 0 Å². The first-order valence-corrected chi connectivity index (χ1v) is 17.2. The van der Waals surface area contributed by atoms with Gasteiger partial charge < -0.3 is 9.30 Å². The van der Waals surface area contributed by atoms with Crippen molar-refractivity contribution in [1.82, 2.24) is 4.57 Å². The number of nitrogens with zero attached hydrogens (tertiary/aromatic N) is 1. The van der Waals surface area contributed by atoms with Gasteiger partial charge in [-0.05, 0) is 86.4 Å². The summed E-state index contributed by atoms with van der Waals surface area (Å²) in [4.78, 5) is 0. The number of rotatable bonds is 3. The molecule has 232 valence electrons. The van der Waals surface area contributed by atoms with E-state index in [-0.39, 0.29) is 0 Å². The van der Waals surface area contributed by atoms with Gasteiger partial charge in [-0.25, -0.2) is 0 Å². The van der Waals surface area contributed by atoms with E-state index in [2.05, 4.69) is 180 Å². The van der Waals surface area contributed by atoms with Gasteiger partial charge in [-0.1, -0.05) is 133 Å². The average molecular weight is 636 g/mol. The monoisotopic (exact) mass is 635 g/mol. The first-order valence-electron chi connectivity index (χ1n) is 17.2. The molecule has 0 radical (unpaired) electrons. The lowest BCUT2D eigenvalue weighted by atomic mass is 9.90. The molecule has 0 atom stereocenters. The molecule has 2 heterocycles. The highest BCUT2D eigenvalue weighted by Gasteiger charge is 2.22. The van der Waals surface area contributed by atoms with E-state index in [0.29, 0.717) is 0 Å². The Bertz CT molecular complexity index is 3000. The zero-order valence-corrected chi connectivity index (χ0v) is 27.1. The number of hydrogen-bond donors (Lipinski definition) is 0. The molecular weight excluding hydrogens is 607 g/mol. The van der Waals surface area contributed by atoms with Crippen LogP contribution in [-0.2, 0) is 0 Å². The summed E-state index contributed by atoms with van der Waals surface area (Å²) >= 11 is 0. The predicted molar refractivity (Wildman–Crippen MR) is 210 cm³/mol. The molecule has 0 amide bonds. The lowest BCUT2D eigenvalue weighted by Crippen LogP contribution is -1.97. The van der Waals surface area contributed by atoms with Gasteiger partial charge in [0.2, 0.25) is 0 Å². The summed E-state index contributed by atoms with van der Waals surface area (Å²) in [6.07, 6.45) is 0. The highest BCUT2D eigenvalue weighted by molar-refractivity contribution is 6.26. The Morgan fingerprint density at radius 2 is 1.02 bits per heavy atom. The number of para-hydroxylation sites is 1. The Morgan fingerprint density at radius 3 is 1.92 bits per heavy atom. The van der Waals surface area contributed by atoms with Crippen LogP contribution in [0.15, 0.2) is 176 Å². The zero-order chi connectivity index (χ0) is 32.8. The standard InChI is InChI=1S/C48H29NO/c1-2-16-35(17-3-1)49-47-36-18-5-4-11-30(36)23-25-40(47)43-29-41(37-19-6-7-20-39(37)48(43)49)34-15-8-14-32(27-34)33-24-26-44-42(28-33)38-21-9-12-31-13-10-22-45(50-44)46(31)38/h1-29H. The molecule has 0 saturated carbocycles. The maximum Gasteiger partial charge on any atom is 0.135 e. The second-order valence-corrected chi connectivity index (χ2v) is 13.3. The van der Waals surface area contributed by atoms with Crippen molar-refractivity contribution in [3.63, 3.8) is 0 Å². The summed E-state index contributed by atoms with van der Waals surface area (Å²) in [7, 11) is 0. The third-order valence-electron chi connectivity index (χ3n) is 10.5. The molecule has 1 aliphatic rings. The van der Waals surface area contributed by atoms with Crippen LogP contribution in [0.1, 0.15) is 0 Å². The molecule has 2 nitrogen and oxygen atoms in total. The summed E-state index contributed by atoms with van der Waals surface area (Å²) < 4.78 is 8.89. The average Bonchev–Trinajstić information content (AvgIpc) is 3.53. The molecule has 11 rings (SSSR count). The largest absolute Gasteiger partial charge is 0.456 e. The van der Waals surface area contributed by atoms with Crippen molar-refractivity contribution in [2.24, 2.45) is 0 Å². The number of hydrogen-bond acceptors (Lipinski definition) is 1. The minimum Gasteiger partial charge on any atom is -0.456 e. The van der Waals surface area contributed by atoms with Crippen LogP contribution in [0.3, 0.4) is 0 Å². The van der Waals surface area contributed by atoms with Crippen molar-refractivity contribution in [2.75, 3.05) is 0 Å². The van der Waals surface area contributed by atoms with E-state index in [9.17, 15) is 0 Å². The molecule has 0 fully saturated rings. The lowest BCUT2D eigenvalue weighted by molar-refractivity contribution is 0.487. The molecule has 9 aromatic carbocycles. The van der Waals surface area contributed by atoms with Gasteiger partial charge in [0.15, 0.2) is 0 Å². The van der Waals surface area contributed by atoms with E-state index in [4.69, 9.17) is 4.74 Å². The van der Waals surface area contributed by atoms with Gasteiger partial charge in [0, 0.05) is 38.2 Å². The van der Waals surface area contributed by atoms with Crippen LogP contribution in [0.4, 0.5) is 0 Å². The molecule has 50 heavy (non-hydrogen) atoms. The Hall–Kier alpha value is -6.64. The maximum atomic E-state index is 6.42. The van der Waals surface area contributed by atoms with Crippen molar-refractivity contribution >= 4 is 54.1 Å². The fraction of sp³-hybridized carbons (Fsp3) is 0. The Balaban J connectivity index is 1.15. The van der Waals surface area contributed by atoms with Crippen molar-refractivity contribution in [1.29, 1.82) is 0 Å². The second-order valence-electron chi connectivity index (χ2n) is 13.3. The molecule has 0 spiro atoms. The van der Waals surface area contributed by atoms with E-state index >= 15 is 0 Å². The van der Waals surface area contributed by atoms with Gasteiger partial charge >= 0.3 is 0 Å². The van der Waals surface area contributed by atoms with Crippen LogP contribution < -0.4 is 4.74 Å². The molecule has 0 saturated heterocycles. The fourth-order valence-corrected chi connectivity index (χ4v) is 8.32. The summed E-state index contributed by atoms with van der Waals surface area (Å²) in [6, 6.07) is 63.8. The molecule has 2 heteroatoms. The van der Waals surface area contributed by atoms with Crippen molar-refractivity contribution < 1.29 is 4.74 Å². The number of benzene rings is 9. The van der Waals surface area contributed by atoms with Gasteiger partial charge in [0.1, 0.15) is 11.5 Å². The van der Waals surface area contributed by atoms with Crippen LogP contribution >= 0.6 is 0 Å². The molecule has 10 aromatic rings. The topological polar surface area (TPSA) is 14.2 Å². The van der Waals surface area contributed by atoms with E-state index < -0.39 is 0 Å². The third-order valence-corrected chi connectivity index (χ3v) is 10.5. The highest BCUT2D eigenvalue weighted by atomic mass is 16.5. The summed E-state index contributed by atoms with van der Waals surface area (Å²) in [5.74, 6) is 1.82. The van der Waals surface area contributed by atoms with Gasteiger partial charge in [-0.3, -0.25) is 0 Å². The Labute approximate surface area is 289 Å². The SMILES string of the molecule is c1ccc(-n2c3c4ccccc4ccc3c3cc(-c4cccc(-c5ccc6c(c5)-c5cccc7cccc(c57)O6)c4)c4ccccc4c32)cc1. The molecule has 1 aromatic heterocycles. The van der Waals surface area contributed by atoms with Crippen LogP contribution in [0.5, 0.6) is 11.5 Å². The Morgan fingerprint density at radius 1 is 0.340 bits per heavy atom. The fourth-order valence-electron chi connectivity index (χ4n) is 8.32. The van der Waals surface area contributed by atoms with Crippen molar-refractivity contribution in [3.8, 4) is 50.6 Å². The minimum absolute atomic E-state index is 0.898. The molecule has 0 unspecified atom stereocenters. The first-order chi connectivity index (χ1) is 24.8. The zero-order valence-electron chi connectivity index (χ0n) is 27.1. The van der Waals surface area contributed by atoms with Gasteiger partial charge in [0.05, 0.1) is 11.0 Å². The van der Waals surface area contributed by atoms with Gasteiger partial charge in [0.25, 0.3) is 0 Å². The second kappa shape index (κ2) is 10.4. The van der Waals surface area contributed by atoms with Gasteiger partial charge in [-0.15, -0.1) is 0 Å². The molecular formula is C48H29NO. The summed E-state index contributed by atoms with van der Waals surface area (Å²) in [5, 5.41) is 9.87. The highest BCUT2D eigenvalue weighted by Crippen LogP contribution is 2.48. The maximum absolute atomic E-state index is 6.42. The van der Waals surface area contributed by atoms with E-state index in [0.717, 1.165) is 17.1 Å². The normalized spacial score (nSPS) is 12.2. The molecule has 1 aliphatic heterocycles. The van der Waals surface area contributed by atoms with Crippen molar-refractivity contribution in [2.45, 2.75) is 0 Å². The molecule has 0 bridgehead atoms. The lowest BCUT2D eigenvalue weighted by Gasteiger charge is -2.22. The first kappa shape index (κ1) is 27.3. The van der Waals surface area contributed by atoms with Crippen LogP contribution in [-0.4, -0.2) is 4.57 Å². The van der Waals surface area contributed by atoms with Crippen molar-refractivity contribution in [3.05, 3.63) is 176 Å². The summed E-state index contributed by atoms with van der Waals surface area (Å²) in [6.45, 7) is 0. The van der Waals surface area contributed by atoms with Crippen LogP contribution in [0.25, 0.3) is 93.2 Å². The quantitative estimate of drug-likeness (QED) is 0.188. The van der Waals surface area contributed by atoms with E-state index in [1.807, 2.05) is 0 Å². The molecule has 0 aliphatic carbocycles. The van der Waals surface area contributed by atoms with E-state index in [1.54, 1.807) is 0 Å². The minimum atomic E-state index is 0.898. The Kier molecular flexibility index (Phi) is 5.70.